The van der Waals surface area contributed by atoms with Gasteiger partial charge in [-0.1, -0.05) is 30.3 Å². The van der Waals surface area contributed by atoms with Crippen molar-refractivity contribution < 1.29 is 23.9 Å². The molecule has 0 unspecified atom stereocenters. The van der Waals surface area contributed by atoms with Gasteiger partial charge in [0.2, 0.25) is 0 Å². The fourth-order valence-electron chi connectivity index (χ4n) is 3.15. The maximum absolute atomic E-state index is 12.7. The number of thiophene rings is 1. The summed E-state index contributed by atoms with van der Waals surface area (Å²) in [5.41, 5.74) is 1.38. The van der Waals surface area contributed by atoms with E-state index >= 15 is 0 Å². The van der Waals surface area contributed by atoms with Gasteiger partial charge < -0.3 is 19.7 Å². The minimum absolute atomic E-state index is 0.175. The third kappa shape index (κ3) is 4.33. The van der Waals surface area contributed by atoms with Gasteiger partial charge in [0.25, 0.3) is 0 Å². The highest BCUT2D eigenvalue weighted by atomic mass is 32.1. The maximum Gasteiger partial charge on any atom is 0.350 e. The van der Waals surface area contributed by atoms with Crippen LogP contribution in [0.4, 0.5) is 10.5 Å². The van der Waals surface area contributed by atoms with Crippen molar-refractivity contribution in [1.82, 2.24) is 4.90 Å². The molecule has 0 atom stereocenters. The van der Waals surface area contributed by atoms with Crippen LogP contribution in [0.25, 0.3) is 10.4 Å². The first-order valence-electron chi connectivity index (χ1n) is 8.94. The lowest BCUT2D eigenvalue weighted by Gasteiger charge is -2.30. The Morgan fingerprint density at radius 3 is 2.36 bits per heavy atom. The summed E-state index contributed by atoms with van der Waals surface area (Å²) in [6.45, 7) is 0.906. The van der Waals surface area contributed by atoms with Gasteiger partial charge in [0.15, 0.2) is 0 Å². The highest BCUT2D eigenvalue weighted by molar-refractivity contribution is 7.18. The van der Waals surface area contributed by atoms with Crippen LogP contribution in [0.15, 0.2) is 36.4 Å². The lowest BCUT2D eigenvalue weighted by molar-refractivity contribution is -0.146. The molecule has 148 valence electrons. The highest BCUT2D eigenvalue weighted by Gasteiger charge is 2.29. The Morgan fingerprint density at radius 1 is 1.07 bits per heavy atom. The number of hydrogen-bond donors (Lipinski definition) is 1. The van der Waals surface area contributed by atoms with Crippen LogP contribution in [0.1, 0.15) is 22.5 Å². The van der Waals surface area contributed by atoms with Gasteiger partial charge in [-0.15, -0.1) is 11.3 Å². The lowest BCUT2D eigenvalue weighted by Crippen LogP contribution is -2.42. The number of nitrogens with zero attached hydrogens (tertiary/aromatic N) is 1. The number of amides is 2. The summed E-state index contributed by atoms with van der Waals surface area (Å²) in [5, 5.41) is 2.82. The van der Waals surface area contributed by atoms with Crippen molar-refractivity contribution in [2.45, 2.75) is 12.8 Å². The number of rotatable bonds is 4. The second-order valence-corrected chi connectivity index (χ2v) is 7.48. The topological polar surface area (TPSA) is 84.9 Å². The molecule has 28 heavy (non-hydrogen) atoms. The molecule has 2 heterocycles. The Kier molecular flexibility index (Phi) is 6.30. The summed E-state index contributed by atoms with van der Waals surface area (Å²) in [7, 11) is 2.68. The average molecular weight is 402 g/mol. The van der Waals surface area contributed by atoms with Gasteiger partial charge in [0.05, 0.1) is 25.8 Å². The maximum atomic E-state index is 12.7. The van der Waals surface area contributed by atoms with Crippen molar-refractivity contribution >= 4 is 35.0 Å². The quantitative estimate of drug-likeness (QED) is 0.790. The fraction of sp³-hybridized carbons (Fsp3) is 0.350. The van der Waals surface area contributed by atoms with Gasteiger partial charge in [-0.25, -0.2) is 9.59 Å². The lowest BCUT2D eigenvalue weighted by atomic mass is 9.97. The molecule has 0 aliphatic carbocycles. The second-order valence-electron chi connectivity index (χ2n) is 6.43. The Hall–Kier alpha value is -2.87. The largest absolute Gasteiger partial charge is 0.469 e. The van der Waals surface area contributed by atoms with Crippen LogP contribution in [-0.2, 0) is 14.3 Å². The molecular formula is C20H22N2O5S. The summed E-state index contributed by atoms with van der Waals surface area (Å²) in [6, 6.07) is 11.1. The summed E-state index contributed by atoms with van der Waals surface area (Å²) in [4.78, 5) is 39.3. The molecule has 1 aromatic carbocycles. The number of esters is 2. The number of carbonyl (C=O) groups is 3. The van der Waals surface area contributed by atoms with Crippen LogP contribution in [-0.4, -0.2) is 50.2 Å². The zero-order chi connectivity index (χ0) is 20.1. The summed E-state index contributed by atoms with van der Waals surface area (Å²) >= 11 is 1.27. The Morgan fingerprint density at radius 2 is 1.75 bits per heavy atom. The van der Waals surface area contributed by atoms with Crippen molar-refractivity contribution in [3.05, 3.63) is 41.3 Å². The van der Waals surface area contributed by atoms with Crippen LogP contribution in [0.2, 0.25) is 0 Å². The molecule has 1 fully saturated rings. The van der Waals surface area contributed by atoms with Gasteiger partial charge in [0, 0.05) is 18.0 Å². The molecule has 7 nitrogen and oxygen atoms in total. The van der Waals surface area contributed by atoms with Gasteiger partial charge in [0.1, 0.15) is 4.88 Å². The molecule has 0 bridgehead atoms. The number of urea groups is 1. The van der Waals surface area contributed by atoms with Crippen LogP contribution < -0.4 is 5.32 Å². The SMILES string of the molecule is COC(=O)c1sc(-c2ccccc2)cc1NC(=O)N1CCC(C(=O)OC)CC1. The van der Waals surface area contributed by atoms with E-state index in [9.17, 15) is 14.4 Å². The molecule has 0 spiro atoms. The molecular weight excluding hydrogens is 380 g/mol. The molecule has 0 saturated carbocycles. The van der Waals surface area contributed by atoms with Crippen LogP contribution >= 0.6 is 11.3 Å². The monoisotopic (exact) mass is 402 g/mol. The van der Waals surface area contributed by atoms with E-state index < -0.39 is 5.97 Å². The first kappa shape index (κ1) is 19.9. The van der Waals surface area contributed by atoms with E-state index in [1.165, 1.54) is 25.6 Å². The van der Waals surface area contributed by atoms with E-state index in [1.54, 1.807) is 11.0 Å². The fourth-order valence-corrected chi connectivity index (χ4v) is 4.19. The van der Waals surface area contributed by atoms with Gasteiger partial charge in [-0.05, 0) is 24.5 Å². The van der Waals surface area contributed by atoms with E-state index in [0.29, 0.717) is 36.5 Å². The summed E-state index contributed by atoms with van der Waals surface area (Å²) in [5.74, 6) is -0.907. The van der Waals surface area contributed by atoms with Gasteiger partial charge in [-0.2, -0.15) is 0 Å². The van der Waals surface area contributed by atoms with E-state index in [2.05, 4.69) is 5.32 Å². The summed E-state index contributed by atoms with van der Waals surface area (Å²) < 4.78 is 9.63. The molecule has 3 rings (SSSR count). The number of nitrogens with one attached hydrogen (secondary N) is 1. The number of carbonyl (C=O) groups excluding carboxylic acids is 3. The van der Waals surface area contributed by atoms with Gasteiger partial charge >= 0.3 is 18.0 Å². The Labute approximate surface area is 167 Å². The van der Waals surface area contributed by atoms with E-state index in [4.69, 9.17) is 9.47 Å². The minimum Gasteiger partial charge on any atom is -0.469 e. The highest BCUT2D eigenvalue weighted by Crippen LogP contribution is 2.35. The number of benzene rings is 1. The van der Waals surface area contributed by atoms with Crippen LogP contribution in [0.5, 0.6) is 0 Å². The van der Waals surface area contributed by atoms with Crippen LogP contribution in [0.3, 0.4) is 0 Å². The third-order valence-corrected chi connectivity index (χ3v) is 5.88. The minimum atomic E-state index is -0.494. The number of likely N-dealkylation sites (tertiary alicyclic amines) is 1. The molecule has 1 aliphatic heterocycles. The predicted molar refractivity (Wildman–Crippen MR) is 106 cm³/mol. The van der Waals surface area contributed by atoms with Crippen molar-refractivity contribution in [2.75, 3.05) is 32.6 Å². The smallest absolute Gasteiger partial charge is 0.350 e. The Bertz CT molecular complexity index is 857. The average Bonchev–Trinajstić information content (AvgIpc) is 3.17. The van der Waals surface area contributed by atoms with Crippen molar-refractivity contribution in [1.29, 1.82) is 0 Å². The molecule has 2 amide bonds. The first-order valence-corrected chi connectivity index (χ1v) is 9.76. The number of methoxy groups -OCH3 is 2. The van der Waals surface area contributed by atoms with E-state index in [0.717, 1.165) is 10.4 Å². The normalized spacial score (nSPS) is 14.4. The standard InChI is InChI=1S/C20H22N2O5S/c1-26-18(23)14-8-10-22(11-9-14)20(25)21-15-12-16(13-6-4-3-5-7-13)28-17(15)19(24)27-2/h3-7,12,14H,8-11H2,1-2H3,(H,21,25). The third-order valence-electron chi connectivity index (χ3n) is 4.72. The molecule has 1 saturated heterocycles. The van der Waals surface area contributed by atoms with E-state index in [-0.39, 0.29) is 17.9 Å². The summed E-state index contributed by atoms with van der Waals surface area (Å²) in [6.07, 6.45) is 1.12. The predicted octanol–water partition coefficient (Wildman–Crippen LogP) is 3.62. The molecule has 2 aromatic rings. The number of ether oxygens (including phenoxy) is 2. The number of anilines is 1. The second kappa shape index (κ2) is 8.88. The molecule has 1 aliphatic rings. The molecule has 1 N–H and O–H groups in total. The number of hydrogen-bond acceptors (Lipinski definition) is 6. The van der Waals surface area contributed by atoms with E-state index in [1.807, 2.05) is 30.3 Å². The van der Waals surface area contributed by atoms with Crippen molar-refractivity contribution in [3.8, 4) is 10.4 Å². The first-order chi connectivity index (χ1) is 13.5. The molecule has 1 aromatic heterocycles. The van der Waals surface area contributed by atoms with Crippen molar-refractivity contribution in [2.24, 2.45) is 5.92 Å². The van der Waals surface area contributed by atoms with Crippen LogP contribution in [0, 0.1) is 5.92 Å². The molecule has 8 heteroatoms. The van der Waals surface area contributed by atoms with Crippen molar-refractivity contribution in [3.63, 3.8) is 0 Å². The number of piperidine rings is 1. The Balaban J connectivity index is 1.74. The zero-order valence-electron chi connectivity index (χ0n) is 15.8. The molecule has 0 radical (unpaired) electrons. The van der Waals surface area contributed by atoms with Gasteiger partial charge in [-0.3, -0.25) is 4.79 Å². The zero-order valence-corrected chi connectivity index (χ0v) is 16.6.